The second-order valence-corrected chi connectivity index (χ2v) is 6.18. The zero-order valence-electron chi connectivity index (χ0n) is 15.9. The molecule has 0 radical (unpaired) electrons. The first-order chi connectivity index (χ1) is 13.0. The number of aryl methyl sites for hydroxylation is 3. The molecule has 27 heavy (non-hydrogen) atoms. The number of amides is 1. The zero-order valence-corrected chi connectivity index (χ0v) is 15.9. The lowest BCUT2D eigenvalue weighted by Gasteiger charge is -2.08. The van der Waals surface area contributed by atoms with E-state index in [1.807, 2.05) is 32.5 Å². The van der Waals surface area contributed by atoms with Crippen molar-refractivity contribution in [3.8, 4) is 5.75 Å². The van der Waals surface area contributed by atoms with Crippen LogP contribution in [-0.4, -0.2) is 35.9 Å². The van der Waals surface area contributed by atoms with E-state index < -0.39 is 0 Å². The number of hydrogen-bond acceptors (Lipinski definition) is 6. The van der Waals surface area contributed by atoms with Crippen LogP contribution in [0.25, 0.3) is 0 Å². The van der Waals surface area contributed by atoms with E-state index in [9.17, 15) is 4.79 Å². The van der Waals surface area contributed by atoms with E-state index in [2.05, 4.69) is 25.9 Å². The van der Waals surface area contributed by atoms with Crippen LogP contribution in [0.4, 0.5) is 0 Å². The van der Waals surface area contributed by atoms with Crippen LogP contribution in [0.2, 0.25) is 0 Å². The van der Waals surface area contributed by atoms with Gasteiger partial charge in [-0.05, 0) is 55.5 Å². The van der Waals surface area contributed by atoms with E-state index in [1.54, 1.807) is 28.9 Å². The van der Waals surface area contributed by atoms with Gasteiger partial charge < -0.3 is 10.1 Å². The number of rotatable bonds is 7. The SMILES string of the molecule is CCn1nnnc1COc1ccc(C(=O)NCc2c(C)nn(C)c2C)cc1. The fourth-order valence-corrected chi connectivity index (χ4v) is 2.77. The minimum atomic E-state index is -0.140. The molecule has 0 aliphatic carbocycles. The van der Waals surface area contributed by atoms with Gasteiger partial charge in [0, 0.05) is 37.0 Å². The van der Waals surface area contributed by atoms with Crippen molar-refractivity contribution in [3.63, 3.8) is 0 Å². The number of ether oxygens (including phenoxy) is 1. The molecule has 3 rings (SSSR count). The van der Waals surface area contributed by atoms with Gasteiger partial charge in [-0.3, -0.25) is 9.48 Å². The maximum atomic E-state index is 12.4. The molecule has 3 aromatic rings. The van der Waals surface area contributed by atoms with Gasteiger partial charge in [-0.2, -0.15) is 5.10 Å². The smallest absolute Gasteiger partial charge is 0.251 e. The average molecular weight is 369 g/mol. The number of benzene rings is 1. The molecule has 0 fully saturated rings. The molecule has 1 aromatic carbocycles. The van der Waals surface area contributed by atoms with Crippen molar-refractivity contribution in [1.29, 1.82) is 0 Å². The summed E-state index contributed by atoms with van der Waals surface area (Å²) in [6.45, 7) is 7.29. The van der Waals surface area contributed by atoms with E-state index >= 15 is 0 Å². The Labute approximate surface area is 157 Å². The van der Waals surface area contributed by atoms with Crippen LogP contribution in [0.3, 0.4) is 0 Å². The highest BCUT2D eigenvalue weighted by atomic mass is 16.5. The Morgan fingerprint density at radius 1 is 1.22 bits per heavy atom. The Hall–Kier alpha value is -3.23. The Morgan fingerprint density at radius 2 is 1.96 bits per heavy atom. The van der Waals surface area contributed by atoms with E-state index in [0.29, 0.717) is 30.2 Å². The monoisotopic (exact) mass is 369 g/mol. The van der Waals surface area contributed by atoms with Crippen LogP contribution >= 0.6 is 0 Å². The van der Waals surface area contributed by atoms with Crippen molar-refractivity contribution in [2.75, 3.05) is 0 Å². The van der Waals surface area contributed by atoms with Gasteiger partial charge in [-0.15, -0.1) is 5.10 Å². The summed E-state index contributed by atoms with van der Waals surface area (Å²) in [6, 6.07) is 6.98. The molecule has 0 spiro atoms. The molecular formula is C18H23N7O2. The van der Waals surface area contributed by atoms with Gasteiger partial charge >= 0.3 is 0 Å². The highest BCUT2D eigenvalue weighted by Gasteiger charge is 2.12. The second kappa shape index (κ2) is 7.98. The van der Waals surface area contributed by atoms with E-state index in [1.165, 1.54) is 0 Å². The number of nitrogens with one attached hydrogen (secondary N) is 1. The molecule has 9 nitrogen and oxygen atoms in total. The summed E-state index contributed by atoms with van der Waals surface area (Å²) in [5.41, 5.74) is 3.58. The number of nitrogens with zero attached hydrogens (tertiary/aromatic N) is 6. The van der Waals surface area contributed by atoms with Gasteiger partial charge in [0.15, 0.2) is 5.82 Å². The van der Waals surface area contributed by atoms with Gasteiger partial charge in [0.2, 0.25) is 0 Å². The molecule has 0 saturated carbocycles. The van der Waals surface area contributed by atoms with Crippen LogP contribution in [0.15, 0.2) is 24.3 Å². The van der Waals surface area contributed by atoms with Gasteiger partial charge in [0.05, 0.1) is 5.69 Å². The van der Waals surface area contributed by atoms with Crippen molar-refractivity contribution >= 4 is 5.91 Å². The van der Waals surface area contributed by atoms with Crippen molar-refractivity contribution in [2.45, 2.75) is 40.5 Å². The molecule has 0 aliphatic heterocycles. The molecule has 1 amide bonds. The molecule has 0 unspecified atom stereocenters. The second-order valence-electron chi connectivity index (χ2n) is 6.18. The quantitative estimate of drug-likeness (QED) is 0.678. The lowest BCUT2D eigenvalue weighted by molar-refractivity contribution is 0.0951. The Balaban J connectivity index is 1.57. The molecular weight excluding hydrogens is 346 g/mol. The Morgan fingerprint density at radius 3 is 2.59 bits per heavy atom. The van der Waals surface area contributed by atoms with Crippen molar-refractivity contribution in [3.05, 3.63) is 52.6 Å². The van der Waals surface area contributed by atoms with Crippen molar-refractivity contribution < 1.29 is 9.53 Å². The molecule has 0 bridgehead atoms. The number of carbonyl (C=O) groups is 1. The number of carbonyl (C=O) groups excluding carboxylic acids is 1. The number of hydrogen-bond donors (Lipinski definition) is 1. The molecule has 2 heterocycles. The van der Waals surface area contributed by atoms with Crippen LogP contribution < -0.4 is 10.1 Å². The fourth-order valence-electron chi connectivity index (χ4n) is 2.77. The first kappa shape index (κ1) is 18.6. The lowest BCUT2D eigenvalue weighted by atomic mass is 10.1. The standard InChI is InChI=1S/C18H23N7O2/c1-5-25-17(20-22-23-25)11-27-15-8-6-14(7-9-15)18(26)19-10-16-12(2)21-24(4)13(16)3/h6-9H,5,10-11H2,1-4H3,(H,19,26). The topological polar surface area (TPSA) is 99.8 Å². The maximum Gasteiger partial charge on any atom is 0.251 e. The molecule has 0 atom stereocenters. The molecule has 1 N–H and O–H groups in total. The Bertz CT molecular complexity index is 928. The molecule has 0 aliphatic rings. The molecule has 0 saturated heterocycles. The highest BCUT2D eigenvalue weighted by Crippen LogP contribution is 2.15. The minimum absolute atomic E-state index is 0.140. The summed E-state index contributed by atoms with van der Waals surface area (Å²) in [7, 11) is 1.89. The van der Waals surface area contributed by atoms with E-state index in [0.717, 1.165) is 17.0 Å². The molecule has 2 aromatic heterocycles. The van der Waals surface area contributed by atoms with Crippen molar-refractivity contribution in [1.82, 2.24) is 35.3 Å². The summed E-state index contributed by atoms with van der Waals surface area (Å²) >= 11 is 0. The third kappa shape index (κ3) is 4.13. The van der Waals surface area contributed by atoms with Gasteiger partial charge in [0.25, 0.3) is 5.91 Å². The first-order valence-corrected chi connectivity index (χ1v) is 8.74. The summed E-state index contributed by atoms with van der Waals surface area (Å²) < 4.78 is 9.17. The van der Waals surface area contributed by atoms with Gasteiger partial charge in [-0.25, -0.2) is 4.68 Å². The highest BCUT2D eigenvalue weighted by molar-refractivity contribution is 5.94. The zero-order chi connectivity index (χ0) is 19.4. The molecule has 142 valence electrons. The van der Waals surface area contributed by atoms with Crippen LogP contribution in [0.5, 0.6) is 5.75 Å². The third-order valence-corrected chi connectivity index (χ3v) is 4.47. The Kier molecular flexibility index (Phi) is 5.49. The third-order valence-electron chi connectivity index (χ3n) is 4.47. The summed E-state index contributed by atoms with van der Waals surface area (Å²) in [4.78, 5) is 12.4. The first-order valence-electron chi connectivity index (χ1n) is 8.74. The van der Waals surface area contributed by atoms with E-state index in [-0.39, 0.29) is 12.5 Å². The normalized spacial score (nSPS) is 10.8. The van der Waals surface area contributed by atoms with Gasteiger partial charge in [0.1, 0.15) is 12.4 Å². The summed E-state index contributed by atoms with van der Waals surface area (Å²) in [5, 5.41) is 18.7. The van der Waals surface area contributed by atoms with Crippen LogP contribution in [0, 0.1) is 13.8 Å². The number of tetrazole rings is 1. The predicted octanol–water partition coefficient (Wildman–Crippen LogP) is 1.55. The van der Waals surface area contributed by atoms with Gasteiger partial charge in [-0.1, -0.05) is 0 Å². The largest absolute Gasteiger partial charge is 0.486 e. The lowest BCUT2D eigenvalue weighted by Crippen LogP contribution is -2.23. The predicted molar refractivity (Wildman–Crippen MR) is 98.1 cm³/mol. The summed E-state index contributed by atoms with van der Waals surface area (Å²) in [6.07, 6.45) is 0. The summed E-state index contributed by atoms with van der Waals surface area (Å²) in [5.74, 6) is 1.16. The molecule has 9 heteroatoms. The van der Waals surface area contributed by atoms with Crippen LogP contribution in [0.1, 0.15) is 40.1 Å². The van der Waals surface area contributed by atoms with Crippen LogP contribution in [-0.2, 0) is 26.7 Å². The number of aromatic nitrogens is 6. The average Bonchev–Trinajstić information content (AvgIpc) is 3.22. The fraction of sp³-hybridized carbons (Fsp3) is 0.389. The van der Waals surface area contributed by atoms with E-state index in [4.69, 9.17) is 4.74 Å². The van der Waals surface area contributed by atoms with Crippen molar-refractivity contribution in [2.24, 2.45) is 7.05 Å². The minimum Gasteiger partial charge on any atom is -0.486 e. The maximum absolute atomic E-state index is 12.4.